The van der Waals surface area contributed by atoms with Crippen LogP contribution in [0.15, 0.2) is 0 Å². The lowest BCUT2D eigenvalue weighted by Gasteiger charge is -2.24. The first-order valence-electron chi connectivity index (χ1n) is 9.49. The predicted molar refractivity (Wildman–Crippen MR) is 112 cm³/mol. The van der Waals surface area contributed by atoms with Crippen LogP contribution < -0.4 is 21.7 Å². The van der Waals surface area contributed by atoms with Crippen molar-refractivity contribution >= 4 is 41.4 Å². The number of amides is 3. The normalized spacial score (nSPS) is 14.9. The average molecular weight is 449 g/mol. The Bertz CT molecular complexity index is 630. The third-order valence-electron chi connectivity index (χ3n) is 4.05. The van der Waals surface area contributed by atoms with E-state index in [0.29, 0.717) is 5.75 Å². The Balaban J connectivity index is 5.06. The van der Waals surface area contributed by atoms with Crippen molar-refractivity contribution in [2.24, 2.45) is 11.7 Å². The van der Waals surface area contributed by atoms with Gasteiger partial charge in [-0.1, -0.05) is 13.8 Å². The highest BCUT2D eigenvalue weighted by Crippen LogP contribution is 2.07. The number of carbonyl (C=O) groups excluding carboxylic acids is 3. The van der Waals surface area contributed by atoms with Crippen LogP contribution >= 0.6 is 11.8 Å². The van der Waals surface area contributed by atoms with Crippen LogP contribution in [0.1, 0.15) is 40.0 Å². The molecular weight excluding hydrogens is 416 g/mol. The van der Waals surface area contributed by atoms with Gasteiger partial charge in [-0.3, -0.25) is 19.2 Å². The number of nitrogens with one attached hydrogen (secondary N) is 3. The highest BCUT2D eigenvalue weighted by atomic mass is 32.2. The van der Waals surface area contributed by atoms with Gasteiger partial charge in [0, 0.05) is 0 Å². The molecule has 0 aliphatic heterocycles. The number of nitrogens with two attached hydrogens (primary N) is 1. The lowest BCUT2D eigenvalue weighted by atomic mass is 10.0. The van der Waals surface area contributed by atoms with Crippen LogP contribution in [0.4, 0.5) is 0 Å². The number of hydrogen-bond acceptors (Lipinski definition) is 7. The summed E-state index contributed by atoms with van der Waals surface area (Å²) in [4.78, 5) is 58.9. The zero-order valence-corrected chi connectivity index (χ0v) is 18.5. The molecule has 3 amide bonds. The van der Waals surface area contributed by atoms with Gasteiger partial charge in [-0.15, -0.1) is 0 Å². The molecule has 0 aromatic heterocycles. The minimum Gasteiger partial charge on any atom is -0.481 e. The Morgan fingerprint density at radius 2 is 1.47 bits per heavy atom. The summed E-state index contributed by atoms with van der Waals surface area (Å²) in [6.45, 7) is 5.02. The maximum absolute atomic E-state index is 12.6. The minimum atomic E-state index is -1.32. The minimum absolute atomic E-state index is 0.0379. The van der Waals surface area contributed by atoms with E-state index in [9.17, 15) is 29.1 Å². The molecule has 0 radical (unpaired) electrons. The van der Waals surface area contributed by atoms with Crippen molar-refractivity contribution in [3.05, 3.63) is 0 Å². The van der Waals surface area contributed by atoms with E-state index in [1.165, 1.54) is 18.7 Å². The Morgan fingerprint density at radius 3 is 1.93 bits per heavy atom. The molecule has 0 aromatic rings. The molecular formula is C18H32N4O7S. The lowest BCUT2D eigenvalue weighted by Crippen LogP contribution is -2.56. The molecule has 12 heteroatoms. The molecule has 0 saturated carbocycles. The standard InChI is InChI=1S/C18H32N4O7S/c1-9(2)7-13(18(28)29)22-17(27)12(5-6-30-4)21-15(25)10(3)20-16(26)11(19)8-14(23)24/h9-13H,5-8,19H2,1-4H3,(H,20,26)(H,21,25)(H,22,27)(H,23,24)(H,28,29). The van der Waals surface area contributed by atoms with Crippen LogP contribution in [0, 0.1) is 5.92 Å². The van der Waals surface area contributed by atoms with Gasteiger partial charge in [-0.2, -0.15) is 11.8 Å². The number of aliphatic carboxylic acids is 2. The quantitative estimate of drug-likeness (QED) is 0.197. The van der Waals surface area contributed by atoms with E-state index < -0.39 is 60.2 Å². The number of carbonyl (C=O) groups is 5. The summed E-state index contributed by atoms with van der Waals surface area (Å²) in [6.07, 6.45) is 1.72. The van der Waals surface area contributed by atoms with E-state index in [2.05, 4.69) is 16.0 Å². The summed E-state index contributed by atoms with van der Waals surface area (Å²) < 4.78 is 0. The Kier molecular flexibility index (Phi) is 12.7. The highest BCUT2D eigenvalue weighted by molar-refractivity contribution is 7.98. The molecule has 0 heterocycles. The molecule has 30 heavy (non-hydrogen) atoms. The zero-order chi connectivity index (χ0) is 23.4. The van der Waals surface area contributed by atoms with E-state index in [-0.39, 0.29) is 18.8 Å². The van der Waals surface area contributed by atoms with Gasteiger partial charge in [0.25, 0.3) is 0 Å². The Morgan fingerprint density at radius 1 is 0.900 bits per heavy atom. The molecule has 0 fully saturated rings. The third-order valence-corrected chi connectivity index (χ3v) is 4.69. The summed E-state index contributed by atoms with van der Waals surface area (Å²) in [5, 5.41) is 25.2. The van der Waals surface area contributed by atoms with Crippen molar-refractivity contribution in [1.82, 2.24) is 16.0 Å². The molecule has 0 aliphatic rings. The van der Waals surface area contributed by atoms with E-state index in [4.69, 9.17) is 10.8 Å². The Hall–Kier alpha value is -2.34. The van der Waals surface area contributed by atoms with Crippen molar-refractivity contribution in [3.8, 4) is 0 Å². The van der Waals surface area contributed by atoms with Crippen LogP contribution in [-0.4, -0.2) is 76.0 Å². The lowest BCUT2D eigenvalue weighted by molar-refractivity contribution is -0.142. The van der Waals surface area contributed by atoms with Gasteiger partial charge in [0.1, 0.15) is 18.1 Å². The molecule has 0 aliphatic carbocycles. The molecule has 7 N–H and O–H groups in total. The third kappa shape index (κ3) is 11.0. The van der Waals surface area contributed by atoms with E-state index in [1.54, 1.807) is 0 Å². The Labute approximate surface area is 179 Å². The van der Waals surface area contributed by atoms with Crippen LogP contribution in [0.3, 0.4) is 0 Å². The van der Waals surface area contributed by atoms with E-state index in [0.717, 1.165) is 0 Å². The molecule has 0 rings (SSSR count). The van der Waals surface area contributed by atoms with Crippen molar-refractivity contribution < 1.29 is 34.2 Å². The van der Waals surface area contributed by atoms with Crippen LogP contribution in [0.5, 0.6) is 0 Å². The second-order valence-corrected chi connectivity index (χ2v) is 8.29. The van der Waals surface area contributed by atoms with Crippen LogP contribution in [0.25, 0.3) is 0 Å². The second-order valence-electron chi connectivity index (χ2n) is 7.31. The maximum atomic E-state index is 12.6. The first-order valence-corrected chi connectivity index (χ1v) is 10.9. The second kappa shape index (κ2) is 13.8. The monoisotopic (exact) mass is 448 g/mol. The van der Waals surface area contributed by atoms with Crippen molar-refractivity contribution in [2.75, 3.05) is 12.0 Å². The number of carboxylic acids is 2. The van der Waals surface area contributed by atoms with Crippen LogP contribution in [-0.2, 0) is 24.0 Å². The molecule has 4 atom stereocenters. The highest BCUT2D eigenvalue weighted by Gasteiger charge is 2.29. The van der Waals surface area contributed by atoms with Gasteiger partial charge in [0.2, 0.25) is 17.7 Å². The fraction of sp³-hybridized carbons (Fsp3) is 0.722. The topological polar surface area (TPSA) is 188 Å². The molecule has 172 valence electrons. The number of carboxylic acid groups (broad SMARTS) is 2. The first-order chi connectivity index (χ1) is 13.9. The van der Waals surface area contributed by atoms with Crippen molar-refractivity contribution in [3.63, 3.8) is 0 Å². The number of rotatable bonds is 14. The van der Waals surface area contributed by atoms with Crippen molar-refractivity contribution in [2.45, 2.75) is 64.2 Å². The molecule has 0 bridgehead atoms. The van der Waals surface area contributed by atoms with E-state index in [1.807, 2.05) is 20.1 Å². The van der Waals surface area contributed by atoms with Gasteiger partial charge < -0.3 is 31.9 Å². The molecule has 11 nitrogen and oxygen atoms in total. The zero-order valence-electron chi connectivity index (χ0n) is 17.6. The summed E-state index contributed by atoms with van der Waals surface area (Å²) in [5.74, 6) is -3.97. The van der Waals surface area contributed by atoms with E-state index >= 15 is 0 Å². The smallest absolute Gasteiger partial charge is 0.326 e. The molecule has 0 spiro atoms. The van der Waals surface area contributed by atoms with Crippen molar-refractivity contribution in [1.29, 1.82) is 0 Å². The first kappa shape index (κ1) is 27.7. The average Bonchev–Trinajstić information content (AvgIpc) is 2.62. The number of thioether (sulfide) groups is 1. The summed E-state index contributed by atoms with van der Waals surface area (Å²) >= 11 is 1.45. The number of hydrogen-bond donors (Lipinski definition) is 6. The molecule has 0 saturated heterocycles. The van der Waals surface area contributed by atoms with Gasteiger partial charge in [-0.05, 0) is 37.7 Å². The summed E-state index contributed by atoms with van der Waals surface area (Å²) in [7, 11) is 0. The summed E-state index contributed by atoms with van der Waals surface area (Å²) in [6, 6.07) is -4.48. The molecule has 0 aromatic carbocycles. The fourth-order valence-corrected chi connectivity index (χ4v) is 2.90. The predicted octanol–water partition coefficient (Wildman–Crippen LogP) is -0.853. The fourth-order valence-electron chi connectivity index (χ4n) is 2.43. The van der Waals surface area contributed by atoms with Gasteiger partial charge >= 0.3 is 11.9 Å². The van der Waals surface area contributed by atoms with Gasteiger partial charge in [0.05, 0.1) is 12.5 Å². The van der Waals surface area contributed by atoms with Crippen LogP contribution in [0.2, 0.25) is 0 Å². The van der Waals surface area contributed by atoms with Gasteiger partial charge in [-0.25, -0.2) is 4.79 Å². The summed E-state index contributed by atoms with van der Waals surface area (Å²) in [5.41, 5.74) is 5.46. The molecule has 4 unspecified atom stereocenters. The largest absolute Gasteiger partial charge is 0.481 e. The SMILES string of the molecule is CSCCC(NC(=O)C(C)NC(=O)C(N)CC(=O)O)C(=O)NC(CC(C)C)C(=O)O. The van der Waals surface area contributed by atoms with Gasteiger partial charge in [0.15, 0.2) is 0 Å². The maximum Gasteiger partial charge on any atom is 0.326 e.